The Hall–Kier alpha value is -1.53. The van der Waals surface area contributed by atoms with E-state index in [1.54, 1.807) is 0 Å². The average Bonchev–Trinajstić information content (AvgIpc) is 2.41. The highest BCUT2D eigenvalue weighted by Gasteiger charge is 2.27. The summed E-state index contributed by atoms with van der Waals surface area (Å²) in [7, 11) is 1.30. The van der Waals surface area contributed by atoms with Crippen molar-refractivity contribution in [1.29, 1.82) is 0 Å². The van der Waals surface area contributed by atoms with Gasteiger partial charge in [-0.15, -0.1) is 0 Å². The van der Waals surface area contributed by atoms with Crippen LogP contribution >= 0.6 is 0 Å². The average molecular weight is 271 g/mol. The monoisotopic (exact) mass is 271 g/mol. The van der Waals surface area contributed by atoms with Gasteiger partial charge in [0.2, 0.25) is 0 Å². The number of methoxy groups -OCH3 is 1. The van der Waals surface area contributed by atoms with Gasteiger partial charge in [-0.2, -0.15) is 0 Å². The molecular weight excluding hydrogens is 256 g/mol. The highest BCUT2D eigenvalue weighted by atomic mass is 19.1. The number of rotatable bonds is 3. The fourth-order valence-electron chi connectivity index (χ4n) is 2.01. The third kappa shape index (κ3) is 3.48. The van der Waals surface area contributed by atoms with Gasteiger partial charge in [-0.3, -0.25) is 4.90 Å². The van der Waals surface area contributed by atoms with E-state index < -0.39 is 23.7 Å². The molecule has 0 aliphatic carbocycles. The number of esters is 1. The van der Waals surface area contributed by atoms with Gasteiger partial charge in [0.25, 0.3) is 0 Å². The zero-order chi connectivity index (χ0) is 13.8. The minimum Gasteiger partial charge on any atom is -0.467 e. The van der Waals surface area contributed by atoms with Crippen LogP contribution < -0.4 is 0 Å². The number of morpholine rings is 1. The van der Waals surface area contributed by atoms with E-state index in [2.05, 4.69) is 4.74 Å². The van der Waals surface area contributed by atoms with E-state index in [0.29, 0.717) is 31.8 Å². The topological polar surface area (TPSA) is 38.8 Å². The van der Waals surface area contributed by atoms with E-state index in [9.17, 15) is 13.6 Å². The van der Waals surface area contributed by atoms with Crippen molar-refractivity contribution in [2.75, 3.05) is 26.8 Å². The number of carbonyl (C=O) groups is 1. The van der Waals surface area contributed by atoms with E-state index >= 15 is 0 Å². The van der Waals surface area contributed by atoms with E-state index in [0.717, 1.165) is 6.07 Å². The van der Waals surface area contributed by atoms with Crippen LogP contribution in [0.3, 0.4) is 0 Å². The van der Waals surface area contributed by atoms with E-state index in [1.165, 1.54) is 19.2 Å². The van der Waals surface area contributed by atoms with E-state index in [-0.39, 0.29) is 0 Å². The number of benzene rings is 1. The van der Waals surface area contributed by atoms with Crippen molar-refractivity contribution in [1.82, 2.24) is 4.90 Å². The van der Waals surface area contributed by atoms with Gasteiger partial charge in [-0.05, 0) is 6.07 Å². The van der Waals surface area contributed by atoms with Crippen LogP contribution in [-0.4, -0.2) is 43.8 Å². The third-order valence-corrected chi connectivity index (χ3v) is 3.02. The van der Waals surface area contributed by atoms with Crippen molar-refractivity contribution in [3.05, 3.63) is 35.4 Å². The molecule has 0 bridgehead atoms. The fraction of sp³-hybridized carbons (Fsp3) is 0.462. The van der Waals surface area contributed by atoms with Gasteiger partial charge in [0, 0.05) is 31.3 Å². The number of hydrogen-bond donors (Lipinski definition) is 0. The SMILES string of the molecule is COC(=O)C1CN(Cc2ccc(F)cc2F)CCO1. The molecule has 2 rings (SSSR count). The van der Waals surface area contributed by atoms with Crippen molar-refractivity contribution < 1.29 is 23.0 Å². The molecule has 1 saturated heterocycles. The molecule has 1 aromatic carbocycles. The second kappa shape index (κ2) is 6.08. The first-order valence-corrected chi connectivity index (χ1v) is 5.96. The smallest absolute Gasteiger partial charge is 0.336 e. The summed E-state index contributed by atoms with van der Waals surface area (Å²) < 4.78 is 36.2. The summed E-state index contributed by atoms with van der Waals surface area (Å²) in [5.74, 6) is -1.62. The molecule has 0 amide bonds. The predicted octanol–water partition coefficient (Wildman–Crippen LogP) is 1.34. The van der Waals surface area contributed by atoms with Crippen molar-refractivity contribution in [2.45, 2.75) is 12.6 Å². The van der Waals surface area contributed by atoms with Gasteiger partial charge in [0.15, 0.2) is 6.10 Å². The van der Waals surface area contributed by atoms with Crippen molar-refractivity contribution in [3.63, 3.8) is 0 Å². The number of hydrogen-bond acceptors (Lipinski definition) is 4. The third-order valence-electron chi connectivity index (χ3n) is 3.02. The Morgan fingerprint density at radius 2 is 2.32 bits per heavy atom. The molecule has 1 aromatic rings. The molecule has 1 aliphatic rings. The Morgan fingerprint density at radius 3 is 3.00 bits per heavy atom. The lowest BCUT2D eigenvalue weighted by atomic mass is 10.1. The second-order valence-electron chi connectivity index (χ2n) is 4.35. The minimum absolute atomic E-state index is 0.308. The van der Waals surface area contributed by atoms with E-state index in [1.807, 2.05) is 4.90 Å². The lowest BCUT2D eigenvalue weighted by Gasteiger charge is -2.31. The van der Waals surface area contributed by atoms with Crippen LogP contribution in [0.1, 0.15) is 5.56 Å². The van der Waals surface area contributed by atoms with Crippen LogP contribution in [0.25, 0.3) is 0 Å². The first kappa shape index (κ1) is 13.9. The molecule has 0 radical (unpaired) electrons. The molecule has 1 heterocycles. The van der Waals surface area contributed by atoms with Gasteiger partial charge >= 0.3 is 5.97 Å². The maximum atomic E-state index is 13.5. The molecular formula is C13H15F2NO3. The molecule has 0 N–H and O–H groups in total. The summed E-state index contributed by atoms with van der Waals surface area (Å²) in [6.45, 7) is 1.61. The molecule has 1 atom stereocenters. The Labute approximate surface area is 109 Å². The van der Waals surface area contributed by atoms with Crippen LogP contribution in [0.2, 0.25) is 0 Å². The number of halogens is 2. The molecule has 1 fully saturated rings. The molecule has 6 heteroatoms. The second-order valence-corrected chi connectivity index (χ2v) is 4.35. The Morgan fingerprint density at radius 1 is 1.53 bits per heavy atom. The molecule has 0 saturated carbocycles. The summed E-state index contributed by atoms with van der Waals surface area (Å²) in [4.78, 5) is 13.3. The molecule has 0 spiro atoms. The zero-order valence-electron chi connectivity index (χ0n) is 10.6. The number of carbonyl (C=O) groups excluding carboxylic acids is 1. The highest BCUT2D eigenvalue weighted by molar-refractivity contribution is 5.74. The maximum absolute atomic E-state index is 13.5. The van der Waals surface area contributed by atoms with Gasteiger partial charge in [-0.25, -0.2) is 13.6 Å². The van der Waals surface area contributed by atoms with Gasteiger partial charge < -0.3 is 9.47 Å². The standard InChI is InChI=1S/C13H15F2NO3/c1-18-13(17)12-8-16(4-5-19-12)7-9-2-3-10(14)6-11(9)15/h2-3,6,12H,4-5,7-8H2,1H3. The number of nitrogens with zero attached hydrogens (tertiary/aromatic N) is 1. The summed E-state index contributed by atoms with van der Waals surface area (Å²) in [5.41, 5.74) is 0.395. The maximum Gasteiger partial charge on any atom is 0.336 e. The summed E-state index contributed by atoms with van der Waals surface area (Å²) >= 11 is 0. The highest BCUT2D eigenvalue weighted by Crippen LogP contribution is 2.15. The normalized spacial score (nSPS) is 20.3. The molecule has 19 heavy (non-hydrogen) atoms. The van der Waals surface area contributed by atoms with Gasteiger partial charge in [-0.1, -0.05) is 6.07 Å². The van der Waals surface area contributed by atoms with E-state index in [4.69, 9.17) is 4.74 Å². The van der Waals surface area contributed by atoms with Crippen LogP contribution in [0.4, 0.5) is 8.78 Å². The lowest BCUT2D eigenvalue weighted by molar-refractivity contribution is -0.160. The predicted molar refractivity (Wildman–Crippen MR) is 63.4 cm³/mol. The summed E-state index contributed by atoms with van der Waals surface area (Å²) in [6.07, 6.45) is -0.651. The fourth-order valence-corrected chi connectivity index (χ4v) is 2.01. The molecule has 104 valence electrons. The summed E-state index contributed by atoms with van der Waals surface area (Å²) in [6, 6.07) is 3.48. The first-order chi connectivity index (χ1) is 9.10. The van der Waals surface area contributed by atoms with Gasteiger partial charge in [0.1, 0.15) is 11.6 Å². The summed E-state index contributed by atoms with van der Waals surface area (Å²) in [5, 5.41) is 0. The minimum atomic E-state index is -0.651. The van der Waals surface area contributed by atoms with Crippen LogP contribution in [0, 0.1) is 11.6 Å². The quantitative estimate of drug-likeness (QED) is 0.778. The lowest BCUT2D eigenvalue weighted by Crippen LogP contribution is -2.46. The molecule has 0 aromatic heterocycles. The van der Waals surface area contributed by atoms with Gasteiger partial charge in [0.05, 0.1) is 13.7 Å². The zero-order valence-corrected chi connectivity index (χ0v) is 10.6. The first-order valence-electron chi connectivity index (χ1n) is 5.96. The van der Waals surface area contributed by atoms with Crippen LogP contribution in [0.5, 0.6) is 0 Å². The Kier molecular flexibility index (Phi) is 4.44. The molecule has 1 unspecified atom stereocenters. The van der Waals surface area contributed by atoms with Crippen LogP contribution in [0.15, 0.2) is 18.2 Å². The van der Waals surface area contributed by atoms with Crippen molar-refractivity contribution >= 4 is 5.97 Å². The van der Waals surface area contributed by atoms with Crippen molar-refractivity contribution in [2.24, 2.45) is 0 Å². The number of ether oxygens (including phenoxy) is 2. The largest absolute Gasteiger partial charge is 0.467 e. The molecule has 1 aliphatic heterocycles. The molecule has 4 nitrogen and oxygen atoms in total. The Balaban J connectivity index is 2.00. The van der Waals surface area contributed by atoms with Crippen molar-refractivity contribution in [3.8, 4) is 0 Å². The van der Waals surface area contributed by atoms with Crippen LogP contribution in [-0.2, 0) is 20.8 Å². The Bertz CT molecular complexity index is 467.